The molecule has 0 saturated carbocycles. The van der Waals surface area contributed by atoms with Crippen LogP contribution in [-0.2, 0) is 12.8 Å². The molecule has 0 fully saturated rings. The average molecular weight is 858 g/mol. The van der Waals surface area contributed by atoms with Gasteiger partial charge in [-0.15, -0.1) is 11.3 Å². The monoisotopic (exact) mass is 857 g/mol. The van der Waals surface area contributed by atoms with Crippen molar-refractivity contribution in [2.75, 3.05) is 0 Å². The maximum atomic E-state index is 6.74. The fraction of sp³-hybridized carbons (Fsp3) is 0.0317. The highest BCUT2D eigenvalue weighted by atomic mass is 32.1. The lowest BCUT2D eigenvalue weighted by Crippen LogP contribution is -2.03. The molecule has 0 unspecified atom stereocenters. The zero-order chi connectivity index (χ0) is 43.3. The van der Waals surface area contributed by atoms with E-state index in [2.05, 4.69) is 206 Å². The maximum absolute atomic E-state index is 6.74. The van der Waals surface area contributed by atoms with E-state index < -0.39 is 0 Å². The number of benzene rings is 10. The Morgan fingerprint density at radius 2 is 0.894 bits per heavy atom. The van der Waals surface area contributed by atoms with E-state index in [1.165, 1.54) is 75.6 Å². The van der Waals surface area contributed by atoms with E-state index in [1.807, 2.05) is 17.4 Å². The van der Waals surface area contributed by atoms with Crippen molar-refractivity contribution in [2.24, 2.45) is 0 Å². The van der Waals surface area contributed by atoms with Crippen LogP contribution < -0.4 is 0 Å². The van der Waals surface area contributed by atoms with Crippen LogP contribution in [0.15, 0.2) is 217 Å². The Labute approximate surface area is 385 Å². The molecule has 1 aliphatic rings. The Kier molecular flexibility index (Phi) is 8.31. The van der Waals surface area contributed by atoms with Gasteiger partial charge in [0.2, 0.25) is 0 Å². The SMILES string of the molecule is c1ccc2c(c1)Cc1ccccc1-c1cc3c(-c4cc(-c5cccc6c5oc5ccccc56)cc(-c5cccc6c5sc5ccccc56)c4)nc4ccccc4c3cc1Cc1ccccc1-2. The third kappa shape index (κ3) is 5.83. The van der Waals surface area contributed by atoms with E-state index in [9.17, 15) is 0 Å². The number of para-hydroxylation sites is 3. The molecular formula is C63H39NOS. The van der Waals surface area contributed by atoms with Crippen LogP contribution in [0.2, 0.25) is 0 Å². The van der Waals surface area contributed by atoms with E-state index in [0.29, 0.717) is 0 Å². The van der Waals surface area contributed by atoms with Crippen LogP contribution in [0.3, 0.4) is 0 Å². The zero-order valence-corrected chi connectivity index (χ0v) is 36.7. The molecule has 0 radical (unpaired) electrons. The molecule has 1 aliphatic carbocycles. The Balaban J connectivity index is 1.07. The molecule has 66 heavy (non-hydrogen) atoms. The standard InChI is InChI=1S/C63H39NOS/c1-4-18-45-38(15-1)31-39-16-3-6-20-47(39)55-37-57-56(36-43(55)32-40-17-2-5-19-46(40)45)50-21-7-10-28-58(50)64-61(57)44-34-41(48-24-13-26-53-51-22-8-11-29-59(51)65-62(48)53)33-42(35-44)49-25-14-27-54-52-23-9-12-30-60(52)66-63(49)54/h1-30,33-37H,31-32H2. The van der Waals surface area contributed by atoms with Crippen LogP contribution in [0.1, 0.15) is 22.3 Å². The van der Waals surface area contributed by atoms with Crippen molar-refractivity contribution in [2.45, 2.75) is 12.8 Å². The number of aromatic nitrogens is 1. The molecule has 14 rings (SSSR count). The molecule has 13 aromatic rings. The van der Waals surface area contributed by atoms with Gasteiger partial charge in [-0.3, -0.25) is 0 Å². The summed E-state index contributed by atoms with van der Waals surface area (Å²) in [7, 11) is 0. The lowest BCUT2D eigenvalue weighted by Gasteiger charge is -2.22. The Hall–Kier alpha value is -8.11. The van der Waals surface area contributed by atoms with Gasteiger partial charge in [0.25, 0.3) is 0 Å². The van der Waals surface area contributed by atoms with Gasteiger partial charge in [-0.2, -0.15) is 0 Å². The summed E-state index contributed by atoms with van der Waals surface area (Å²) in [6.45, 7) is 0. The number of nitrogens with zero attached hydrogens (tertiary/aromatic N) is 1. The van der Waals surface area contributed by atoms with Gasteiger partial charge in [0.15, 0.2) is 0 Å². The van der Waals surface area contributed by atoms with Crippen molar-refractivity contribution in [1.82, 2.24) is 4.98 Å². The fourth-order valence-electron chi connectivity index (χ4n) is 10.9. The molecule has 0 aliphatic heterocycles. The van der Waals surface area contributed by atoms with Crippen molar-refractivity contribution in [3.63, 3.8) is 0 Å². The van der Waals surface area contributed by atoms with Crippen molar-refractivity contribution in [3.05, 3.63) is 235 Å². The zero-order valence-electron chi connectivity index (χ0n) is 35.9. The summed E-state index contributed by atoms with van der Waals surface area (Å²) in [5, 5.41) is 8.31. The third-order valence-corrected chi connectivity index (χ3v) is 15.2. The lowest BCUT2D eigenvalue weighted by atomic mass is 9.82. The molecule has 3 aromatic heterocycles. The van der Waals surface area contributed by atoms with Gasteiger partial charge in [0, 0.05) is 52.8 Å². The molecule has 0 saturated heterocycles. The highest BCUT2D eigenvalue weighted by Gasteiger charge is 2.23. The van der Waals surface area contributed by atoms with Gasteiger partial charge in [-0.1, -0.05) is 164 Å². The molecule has 0 spiro atoms. The van der Waals surface area contributed by atoms with Gasteiger partial charge in [0.05, 0.1) is 11.2 Å². The molecule has 0 amide bonds. The van der Waals surface area contributed by atoms with Gasteiger partial charge < -0.3 is 4.42 Å². The topological polar surface area (TPSA) is 26.0 Å². The predicted molar refractivity (Wildman–Crippen MR) is 279 cm³/mol. The number of hydrogen-bond acceptors (Lipinski definition) is 3. The molecule has 308 valence electrons. The Bertz CT molecular complexity index is 4000. The number of thiophene rings is 1. The van der Waals surface area contributed by atoms with E-state index in [4.69, 9.17) is 9.40 Å². The number of furan rings is 1. The number of fused-ring (bicyclic) bond motifs is 15. The average Bonchev–Trinajstić information content (AvgIpc) is 3.95. The van der Waals surface area contributed by atoms with E-state index in [-0.39, 0.29) is 0 Å². The quantitative estimate of drug-likeness (QED) is 0.165. The highest BCUT2D eigenvalue weighted by Crippen LogP contribution is 2.46. The van der Waals surface area contributed by atoms with Crippen molar-refractivity contribution in [3.8, 4) is 55.8 Å². The first-order valence-electron chi connectivity index (χ1n) is 22.8. The molecule has 2 nitrogen and oxygen atoms in total. The maximum Gasteiger partial charge on any atom is 0.143 e. The normalized spacial score (nSPS) is 12.4. The van der Waals surface area contributed by atoms with E-state index >= 15 is 0 Å². The lowest BCUT2D eigenvalue weighted by molar-refractivity contribution is 0.670. The first kappa shape index (κ1) is 37.3. The largest absolute Gasteiger partial charge is 0.455 e. The molecule has 3 heterocycles. The predicted octanol–water partition coefficient (Wildman–Crippen LogP) is 17.5. The third-order valence-electron chi connectivity index (χ3n) is 14.0. The molecule has 0 N–H and O–H groups in total. The fourth-order valence-corrected chi connectivity index (χ4v) is 12.1. The Morgan fingerprint density at radius 3 is 1.67 bits per heavy atom. The van der Waals surface area contributed by atoms with Crippen molar-refractivity contribution in [1.29, 1.82) is 0 Å². The van der Waals surface area contributed by atoms with Gasteiger partial charge in [-0.05, 0) is 128 Å². The highest BCUT2D eigenvalue weighted by molar-refractivity contribution is 7.26. The van der Waals surface area contributed by atoms with Crippen molar-refractivity contribution >= 4 is 75.1 Å². The summed E-state index contributed by atoms with van der Waals surface area (Å²) >= 11 is 1.87. The summed E-state index contributed by atoms with van der Waals surface area (Å²) < 4.78 is 9.31. The second kappa shape index (κ2) is 14.7. The Morgan fingerprint density at radius 1 is 0.348 bits per heavy atom. The smallest absolute Gasteiger partial charge is 0.143 e. The van der Waals surface area contributed by atoms with Crippen LogP contribution in [0, 0.1) is 0 Å². The summed E-state index contributed by atoms with van der Waals surface area (Å²) in [5.41, 5.74) is 19.7. The summed E-state index contributed by atoms with van der Waals surface area (Å²) in [6.07, 6.45) is 1.64. The van der Waals surface area contributed by atoms with Crippen LogP contribution in [0.25, 0.3) is 120 Å². The van der Waals surface area contributed by atoms with Crippen LogP contribution in [0.4, 0.5) is 0 Å². The molecule has 0 bridgehead atoms. The van der Waals surface area contributed by atoms with E-state index in [1.54, 1.807) is 0 Å². The van der Waals surface area contributed by atoms with Crippen LogP contribution >= 0.6 is 11.3 Å². The second-order valence-electron chi connectivity index (χ2n) is 17.7. The molecule has 10 aromatic carbocycles. The van der Waals surface area contributed by atoms with Crippen molar-refractivity contribution < 1.29 is 4.42 Å². The molecule has 0 atom stereocenters. The minimum atomic E-state index is 0.802. The van der Waals surface area contributed by atoms with Crippen LogP contribution in [0.5, 0.6) is 0 Å². The summed E-state index contributed by atoms with van der Waals surface area (Å²) in [5.74, 6) is 0. The van der Waals surface area contributed by atoms with E-state index in [0.717, 1.165) is 79.0 Å². The number of pyridine rings is 1. The minimum Gasteiger partial charge on any atom is -0.455 e. The van der Waals surface area contributed by atoms with Gasteiger partial charge >= 0.3 is 0 Å². The molecule has 3 heteroatoms. The second-order valence-corrected chi connectivity index (χ2v) is 18.8. The number of rotatable bonds is 3. The van der Waals surface area contributed by atoms with Crippen LogP contribution in [-0.4, -0.2) is 4.98 Å². The minimum absolute atomic E-state index is 0.802. The summed E-state index contributed by atoms with van der Waals surface area (Å²) in [4.78, 5) is 5.66. The van der Waals surface area contributed by atoms with Gasteiger partial charge in [-0.25, -0.2) is 4.98 Å². The first-order chi connectivity index (χ1) is 32.7. The summed E-state index contributed by atoms with van der Waals surface area (Å²) in [6, 6.07) is 78.1. The van der Waals surface area contributed by atoms with Gasteiger partial charge in [0.1, 0.15) is 11.2 Å². The molecular weight excluding hydrogens is 819 g/mol. The first-order valence-corrected chi connectivity index (χ1v) is 23.6. The number of hydrogen-bond donors (Lipinski definition) is 0.